The van der Waals surface area contributed by atoms with E-state index < -0.39 is 23.9 Å². The number of aliphatic hydroxyl groups is 1. The van der Waals surface area contributed by atoms with Crippen molar-refractivity contribution in [2.75, 3.05) is 20.3 Å². The number of nitrogens with one attached hydrogen (secondary N) is 1. The van der Waals surface area contributed by atoms with Crippen LogP contribution in [0.4, 0.5) is 0 Å². The summed E-state index contributed by atoms with van der Waals surface area (Å²) in [6.07, 6.45) is 0. The van der Waals surface area contributed by atoms with E-state index in [2.05, 4.69) is 15.1 Å². The van der Waals surface area contributed by atoms with Gasteiger partial charge in [0.25, 0.3) is 5.56 Å². The quantitative estimate of drug-likeness (QED) is 0.347. The number of aliphatic hydroxyl groups excluding tert-OH is 1. The van der Waals surface area contributed by atoms with E-state index in [0.717, 1.165) is 4.68 Å². The molecule has 2 aromatic heterocycles. The van der Waals surface area contributed by atoms with Crippen LogP contribution in [0.25, 0.3) is 16.6 Å². The van der Waals surface area contributed by atoms with Crippen molar-refractivity contribution in [1.29, 1.82) is 5.26 Å². The van der Waals surface area contributed by atoms with Crippen LogP contribution in [0.15, 0.2) is 47.0 Å². The number of aromatic amines is 1. The minimum Gasteiger partial charge on any atom is -0.507 e. The Hall–Kier alpha value is -3.97. The molecule has 148 valence electrons. The molecule has 0 atom stereocenters. The number of hydrogen-bond donors (Lipinski definition) is 2. The standard InChI is InChI=1S/C19H17N5O5/c1-28-9-8-24-17(26)7-6-15(23-24)19(27)29-11-16(25)12(10-20)18-21-13-4-2-3-5-14(13)22-18/h2-7,25H,8-9,11H2,1H3,(H,21,22)/b16-12+. The first kappa shape index (κ1) is 19.8. The topological polar surface area (TPSA) is 143 Å². The second-order valence-electron chi connectivity index (χ2n) is 5.88. The molecule has 2 heterocycles. The molecule has 0 radical (unpaired) electrons. The zero-order chi connectivity index (χ0) is 20.8. The zero-order valence-electron chi connectivity index (χ0n) is 15.5. The molecule has 0 aliphatic rings. The van der Waals surface area contributed by atoms with E-state index in [-0.39, 0.29) is 30.2 Å². The van der Waals surface area contributed by atoms with Gasteiger partial charge >= 0.3 is 5.97 Å². The lowest BCUT2D eigenvalue weighted by molar-refractivity contribution is 0.0492. The van der Waals surface area contributed by atoms with Gasteiger partial charge in [0.05, 0.1) is 24.2 Å². The van der Waals surface area contributed by atoms with Gasteiger partial charge in [0.15, 0.2) is 17.3 Å². The van der Waals surface area contributed by atoms with E-state index in [4.69, 9.17) is 9.47 Å². The summed E-state index contributed by atoms with van der Waals surface area (Å²) in [5.74, 6) is -1.16. The number of carbonyl (C=O) groups is 1. The molecule has 2 N–H and O–H groups in total. The average Bonchev–Trinajstić information content (AvgIpc) is 3.15. The molecule has 0 aliphatic carbocycles. The van der Waals surface area contributed by atoms with Crippen LogP contribution in [0.2, 0.25) is 0 Å². The van der Waals surface area contributed by atoms with Crippen LogP contribution in [-0.4, -0.2) is 51.1 Å². The third-order valence-corrected chi connectivity index (χ3v) is 3.95. The molecule has 0 amide bonds. The first-order chi connectivity index (χ1) is 14.0. The second kappa shape index (κ2) is 8.81. The van der Waals surface area contributed by atoms with Crippen LogP contribution in [0, 0.1) is 11.3 Å². The Morgan fingerprint density at radius 1 is 1.31 bits per heavy atom. The Labute approximate surface area is 164 Å². The average molecular weight is 395 g/mol. The van der Waals surface area contributed by atoms with Crippen molar-refractivity contribution in [3.05, 3.63) is 64.0 Å². The number of hydrogen-bond acceptors (Lipinski definition) is 8. The molecule has 0 spiro atoms. The molecule has 1 aromatic carbocycles. The van der Waals surface area contributed by atoms with E-state index in [1.807, 2.05) is 6.07 Å². The molecular weight excluding hydrogens is 378 g/mol. The number of aromatic nitrogens is 4. The minimum atomic E-state index is -0.857. The molecule has 3 aromatic rings. The van der Waals surface area contributed by atoms with Gasteiger partial charge in [-0.1, -0.05) is 12.1 Å². The lowest BCUT2D eigenvalue weighted by Gasteiger charge is -2.07. The predicted octanol–water partition coefficient (Wildman–Crippen LogP) is 1.42. The third-order valence-electron chi connectivity index (χ3n) is 3.95. The Bertz CT molecular complexity index is 1140. The van der Waals surface area contributed by atoms with E-state index in [0.29, 0.717) is 11.0 Å². The summed E-state index contributed by atoms with van der Waals surface area (Å²) in [5.41, 5.74) is 0.672. The van der Waals surface area contributed by atoms with Crippen LogP contribution in [0.3, 0.4) is 0 Å². The fourth-order valence-corrected chi connectivity index (χ4v) is 2.50. The number of allylic oxidation sites excluding steroid dienone is 1. The number of ether oxygens (including phenoxy) is 2. The molecule has 0 saturated carbocycles. The Morgan fingerprint density at radius 3 is 2.83 bits per heavy atom. The predicted molar refractivity (Wildman–Crippen MR) is 102 cm³/mol. The lowest BCUT2D eigenvalue weighted by Crippen LogP contribution is -2.26. The highest BCUT2D eigenvalue weighted by atomic mass is 16.5. The molecule has 10 heteroatoms. The number of methoxy groups -OCH3 is 1. The van der Waals surface area contributed by atoms with E-state index >= 15 is 0 Å². The number of imidazole rings is 1. The molecule has 29 heavy (non-hydrogen) atoms. The van der Waals surface area contributed by atoms with Crippen molar-refractivity contribution in [2.24, 2.45) is 0 Å². The normalized spacial score (nSPS) is 11.7. The number of para-hydroxylation sites is 2. The van der Waals surface area contributed by atoms with Crippen LogP contribution in [-0.2, 0) is 16.0 Å². The van der Waals surface area contributed by atoms with E-state index in [1.165, 1.54) is 19.2 Å². The van der Waals surface area contributed by atoms with Crippen LogP contribution < -0.4 is 5.56 Å². The Balaban J connectivity index is 1.76. The maximum Gasteiger partial charge on any atom is 0.359 e. The lowest BCUT2D eigenvalue weighted by atomic mass is 10.2. The Kier molecular flexibility index (Phi) is 6.01. The summed E-state index contributed by atoms with van der Waals surface area (Å²) >= 11 is 0. The smallest absolute Gasteiger partial charge is 0.359 e. The van der Waals surface area contributed by atoms with Crippen LogP contribution >= 0.6 is 0 Å². The molecule has 10 nitrogen and oxygen atoms in total. The maximum absolute atomic E-state index is 12.2. The van der Waals surface area contributed by atoms with Gasteiger partial charge < -0.3 is 19.6 Å². The number of carbonyl (C=O) groups excluding carboxylic acids is 1. The van der Waals surface area contributed by atoms with Gasteiger partial charge in [0, 0.05) is 13.2 Å². The summed E-state index contributed by atoms with van der Waals surface area (Å²) in [7, 11) is 1.48. The van der Waals surface area contributed by atoms with Gasteiger partial charge in [-0.25, -0.2) is 14.5 Å². The van der Waals surface area contributed by atoms with Crippen LogP contribution in [0.1, 0.15) is 16.3 Å². The molecular formula is C19H17N5O5. The van der Waals surface area contributed by atoms with Crippen molar-refractivity contribution in [3.63, 3.8) is 0 Å². The molecule has 0 bridgehead atoms. The number of nitrogens with zero attached hydrogens (tertiary/aromatic N) is 4. The first-order valence-corrected chi connectivity index (χ1v) is 8.55. The summed E-state index contributed by atoms with van der Waals surface area (Å²) in [5, 5.41) is 23.5. The SMILES string of the molecule is COCCn1nc(C(=O)OC/C(O)=C(/C#N)c2nc3ccccc3[nH]2)ccc1=O. The van der Waals surface area contributed by atoms with Crippen molar-refractivity contribution < 1.29 is 19.4 Å². The maximum atomic E-state index is 12.2. The number of benzene rings is 1. The number of esters is 1. The Morgan fingerprint density at radius 2 is 2.10 bits per heavy atom. The summed E-state index contributed by atoms with van der Waals surface area (Å²) < 4.78 is 11.0. The molecule has 0 saturated heterocycles. The van der Waals surface area contributed by atoms with Crippen LogP contribution in [0.5, 0.6) is 0 Å². The third kappa shape index (κ3) is 4.48. The zero-order valence-corrected chi connectivity index (χ0v) is 15.5. The molecule has 0 aliphatic heterocycles. The van der Waals surface area contributed by atoms with Gasteiger partial charge in [0.2, 0.25) is 0 Å². The summed E-state index contributed by atoms with van der Waals surface area (Å²) in [4.78, 5) is 31.1. The van der Waals surface area contributed by atoms with Crippen molar-refractivity contribution in [2.45, 2.75) is 6.54 Å². The highest BCUT2D eigenvalue weighted by Gasteiger charge is 2.17. The summed E-state index contributed by atoms with van der Waals surface area (Å²) in [6.45, 7) is -0.137. The first-order valence-electron chi connectivity index (χ1n) is 8.55. The summed E-state index contributed by atoms with van der Waals surface area (Å²) in [6, 6.07) is 11.4. The van der Waals surface area contributed by atoms with Gasteiger partial charge in [-0.3, -0.25) is 4.79 Å². The van der Waals surface area contributed by atoms with E-state index in [9.17, 15) is 20.0 Å². The second-order valence-corrected chi connectivity index (χ2v) is 5.88. The number of nitriles is 1. The number of H-pyrrole nitrogens is 1. The van der Waals surface area contributed by atoms with Gasteiger partial charge in [0.1, 0.15) is 18.2 Å². The monoisotopic (exact) mass is 395 g/mol. The fraction of sp³-hybridized carbons (Fsp3) is 0.211. The molecule has 0 unspecified atom stereocenters. The van der Waals surface area contributed by atoms with Crippen molar-refractivity contribution in [1.82, 2.24) is 19.7 Å². The van der Waals surface area contributed by atoms with Gasteiger partial charge in [-0.2, -0.15) is 10.4 Å². The molecule has 3 rings (SSSR count). The highest BCUT2D eigenvalue weighted by Crippen LogP contribution is 2.18. The highest BCUT2D eigenvalue weighted by molar-refractivity contribution is 5.87. The number of fused-ring (bicyclic) bond motifs is 1. The van der Waals surface area contributed by atoms with Crippen molar-refractivity contribution in [3.8, 4) is 6.07 Å². The van der Waals surface area contributed by atoms with Crippen molar-refractivity contribution >= 4 is 22.6 Å². The fourth-order valence-electron chi connectivity index (χ4n) is 2.50. The van der Waals surface area contributed by atoms with Gasteiger partial charge in [-0.15, -0.1) is 0 Å². The van der Waals surface area contributed by atoms with E-state index in [1.54, 1.807) is 24.3 Å². The number of rotatable bonds is 7. The largest absolute Gasteiger partial charge is 0.507 e. The minimum absolute atomic E-state index is 0.115. The molecule has 0 fully saturated rings. The van der Waals surface area contributed by atoms with Gasteiger partial charge in [-0.05, 0) is 18.2 Å².